The van der Waals surface area contributed by atoms with Crippen molar-refractivity contribution in [2.45, 2.75) is 18.9 Å². The van der Waals surface area contributed by atoms with Gasteiger partial charge < -0.3 is 10.6 Å². The predicted octanol–water partition coefficient (Wildman–Crippen LogP) is 0.666. The average molecular weight is 193 g/mol. The molecular formula is C11H19N3. The Balaban J connectivity index is 2.19. The Morgan fingerprint density at radius 3 is 3.00 bits per heavy atom. The third kappa shape index (κ3) is 1.51. The summed E-state index contributed by atoms with van der Waals surface area (Å²) in [7, 11) is 2.20. The lowest BCUT2D eigenvalue weighted by molar-refractivity contribution is 0.174. The molecule has 0 aromatic carbocycles. The molecule has 0 saturated carbocycles. The van der Waals surface area contributed by atoms with Crippen molar-refractivity contribution in [1.82, 2.24) is 4.90 Å². The predicted molar refractivity (Wildman–Crippen MR) is 59.6 cm³/mol. The van der Waals surface area contributed by atoms with E-state index in [1.54, 1.807) is 0 Å². The SMILES string of the molecule is CN1CCC[C@H]1C1(CN)C=CC=NC1. The molecule has 0 aliphatic carbocycles. The second-order valence-electron chi connectivity index (χ2n) is 4.42. The minimum absolute atomic E-state index is 0.0972. The van der Waals surface area contributed by atoms with E-state index in [9.17, 15) is 0 Å². The Bertz CT molecular complexity index is 259. The zero-order valence-corrected chi connectivity index (χ0v) is 8.82. The minimum Gasteiger partial charge on any atom is -0.329 e. The van der Waals surface area contributed by atoms with Crippen LogP contribution in [0.3, 0.4) is 0 Å². The molecule has 1 fully saturated rings. The largest absolute Gasteiger partial charge is 0.329 e. The van der Waals surface area contributed by atoms with Gasteiger partial charge in [-0.3, -0.25) is 4.99 Å². The fourth-order valence-electron chi connectivity index (χ4n) is 2.69. The fourth-order valence-corrected chi connectivity index (χ4v) is 2.69. The first-order valence-corrected chi connectivity index (χ1v) is 5.36. The summed E-state index contributed by atoms with van der Waals surface area (Å²) in [5.41, 5.74) is 6.03. The van der Waals surface area contributed by atoms with E-state index in [4.69, 9.17) is 5.73 Å². The molecule has 1 unspecified atom stereocenters. The highest BCUT2D eigenvalue weighted by atomic mass is 15.2. The maximum atomic E-state index is 5.93. The summed E-state index contributed by atoms with van der Waals surface area (Å²) in [5, 5.41) is 0. The molecule has 0 radical (unpaired) electrons. The zero-order valence-electron chi connectivity index (χ0n) is 8.82. The Hall–Kier alpha value is -0.670. The monoisotopic (exact) mass is 193 g/mol. The first-order chi connectivity index (χ1) is 6.78. The molecule has 2 atom stereocenters. The van der Waals surface area contributed by atoms with Gasteiger partial charge in [0.2, 0.25) is 0 Å². The summed E-state index contributed by atoms with van der Waals surface area (Å²) in [6, 6.07) is 0.584. The van der Waals surface area contributed by atoms with Gasteiger partial charge in [0.05, 0.1) is 6.54 Å². The van der Waals surface area contributed by atoms with Crippen molar-refractivity contribution in [2.24, 2.45) is 16.1 Å². The van der Waals surface area contributed by atoms with Crippen molar-refractivity contribution in [2.75, 3.05) is 26.7 Å². The van der Waals surface area contributed by atoms with Crippen LogP contribution in [-0.2, 0) is 0 Å². The molecule has 14 heavy (non-hydrogen) atoms. The summed E-state index contributed by atoms with van der Waals surface area (Å²) in [4.78, 5) is 6.79. The van der Waals surface area contributed by atoms with E-state index in [0.29, 0.717) is 12.6 Å². The quantitative estimate of drug-likeness (QED) is 0.700. The van der Waals surface area contributed by atoms with E-state index >= 15 is 0 Å². The highest BCUT2D eigenvalue weighted by molar-refractivity contribution is 5.72. The zero-order chi connectivity index (χ0) is 10.0. The Morgan fingerprint density at radius 1 is 1.64 bits per heavy atom. The van der Waals surface area contributed by atoms with Gasteiger partial charge in [-0.25, -0.2) is 0 Å². The second kappa shape index (κ2) is 3.83. The second-order valence-corrected chi connectivity index (χ2v) is 4.42. The van der Waals surface area contributed by atoms with Crippen molar-refractivity contribution in [3.8, 4) is 0 Å². The van der Waals surface area contributed by atoms with Crippen LogP contribution in [0.1, 0.15) is 12.8 Å². The molecule has 3 nitrogen and oxygen atoms in total. The molecule has 3 heteroatoms. The summed E-state index contributed by atoms with van der Waals surface area (Å²) >= 11 is 0. The lowest BCUT2D eigenvalue weighted by Crippen LogP contribution is -2.48. The Kier molecular flexibility index (Phi) is 2.70. The first kappa shape index (κ1) is 9.87. The molecule has 0 aromatic rings. The van der Waals surface area contributed by atoms with Gasteiger partial charge in [0, 0.05) is 24.2 Å². The van der Waals surface area contributed by atoms with Gasteiger partial charge >= 0.3 is 0 Å². The van der Waals surface area contributed by atoms with Crippen molar-refractivity contribution in [1.29, 1.82) is 0 Å². The number of dihydropyridines is 1. The summed E-state index contributed by atoms with van der Waals surface area (Å²) in [6.45, 7) is 2.76. The van der Waals surface area contributed by atoms with E-state index in [2.05, 4.69) is 23.0 Å². The summed E-state index contributed by atoms with van der Waals surface area (Å²) in [5.74, 6) is 0. The Morgan fingerprint density at radius 2 is 2.50 bits per heavy atom. The molecule has 2 aliphatic rings. The molecule has 0 amide bonds. The number of rotatable bonds is 2. The molecule has 2 aliphatic heterocycles. The van der Waals surface area contributed by atoms with Crippen LogP contribution in [0, 0.1) is 5.41 Å². The van der Waals surface area contributed by atoms with Gasteiger partial charge in [0.15, 0.2) is 0 Å². The van der Waals surface area contributed by atoms with Gasteiger partial charge in [-0.2, -0.15) is 0 Å². The van der Waals surface area contributed by atoms with Gasteiger partial charge in [-0.15, -0.1) is 0 Å². The molecule has 1 saturated heterocycles. The third-order valence-corrected chi connectivity index (χ3v) is 3.57. The lowest BCUT2D eigenvalue weighted by atomic mass is 9.77. The van der Waals surface area contributed by atoms with Crippen LogP contribution in [0.4, 0.5) is 0 Å². The van der Waals surface area contributed by atoms with Crippen molar-refractivity contribution in [3.63, 3.8) is 0 Å². The number of nitrogens with zero attached hydrogens (tertiary/aromatic N) is 2. The third-order valence-electron chi connectivity index (χ3n) is 3.57. The van der Waals surface area contributed by atoms with E-state index in [1.165, 1.54) is 19.4 Å². The molecule has 2 N–H and O–H groups in total. The molecule has 2 heterocycles. The van der Waals surface area contributed by atoms with Crippen molar-refractivity contribution in [3.05, 3.63) is 12.2 Å². The van der Waals surface area contributed by atoms with Crippen LogP contribution < -0.4 is 5.73 Å². The minimum atomic E-state index is 0.0972. The maximum absolute atomic E-state index is 5.93. The standard InChI is InChI=1S/C11H19N3/c1-14-7-2-4-10(14)11(8-12)5-3-6-13-9-11/h3,5-6,10H,2,4,7-9,12H2,1H3/t10-,11?/m0/s1. The molecule has 0 aromatic heterocycles. The van der Waals surface area contributed by atoms with Gasteiger partial charge in [-0.05, 0) is 32.5 Å². The number of nitrogens with two attached hydrogens (primary N) is 1. The van der Waals surface area contributed by atoms with Crippen LogP contribution in [0.5, 0.6) is 0 Å². The summed E-state index contributed by atoms with van der Waals surface area (Å²) in [6.07, 6.45) is 8.73. The number of hydrogen-bond donors (Lipinski definition) is 1. The van der Waals surface area contributed by atoms with Gasteiger partial charge in [0.1, 0.15) is 0 Å². The fraction of sp³-hybridized carbons (Fsp3) is 0.727. The molecule has 2 rings (SSSR count). The molecule has 78 valence electrons. The van der Waals surface area contributed by atoms with Gasteiger partial charge in [0.25, 0.3) is 0 Å². The number of aliphatic imine (C=N–C) groups is 1. The number of likely N-dealkylation sites (tertiary alicyclic amines) is 1. The van der Waals surface area contributed by atoms with Crippen LogP contribution >= 0.6 is 0 Å². The van der Waals surface area contributed by atoms with Gasteiger partial charge in [-0.1, -0.05) is 6.08 Å². The maximum Gasteiger partial charge on any atom is 0.0507 e. The lowest BCUT2D eigenvalue weighted by Gasteiger charge is -2.39. The van der Waals surface area contributed by atoms with E-state index < -0.39 is 0 Å². The molecule has 0 bridgehead atoms. The highest BCUT2D eigenvalue weighted by Crippen LogP contribution is 2.34. The van der Waals surface area contributed by atoms with Crippen LogP contribution in [0.15, 0.2) is 17.1 Å². The topological polar surface area (TPSA) is 41.6 Å². The average Bonchev–Trinajstić information content (AvgIpc) is 2.66. The van der Waals surface area contributed by atoms with Crippen molar-refractivity contribution < 1.29 is 0 Å². The van der Waals surface area contributed by atoms with Crippen LogP contribution in [0.2, 0.25) is 0 Å². The van der Waals surface area contributed by atoms with E-state index in [0.717, 1.165) is 6.54 Å². The normalized spacial score (nSPS) is 38.0. The molecular weight excluding hydrogens is 174 g/mol. The number of hydrogen-bond acceptors (Lipinski definition) is 3. The summed E-state index contributed by atoms with van der Waals surface area (Å²) < 4.78 is 0. The van der Waals surface area contributed by atoms with Crippen LogP contribution in [-0.4, -0.2) is 43.8 Å². The smallest absolute Gasteiger partial charge is 0.0507 e. The first-order valence-electron chi connectivity index (χ1n) is 5.36. The van der Waals surface area contributed by atoms with Crippen LogP contribution in [0.25, 0.3) is 0 Å². The highest BCUT2D eigenvalue weighted by Gasteiger charge is 2.40. The molecule has 0 spiro atoms. The van der Waals surface area contributed by atoms with E-state index in [-0.39, 0.29) is 5.41 Å². The Labute approximate surface area is 85.7 Å². The number of allylic oxidation sites excluding steroid dienone is 1. The van der Waals surface area contributed by atoms with Crippen molar-refractivity contribution >= 4 is 6.21 Å². The van der Waals surface area contributed by atoms with E-state index in [1.807, 2.05) is 12.3 Å².